The zero-order valence-corrected chi connectivity index (χ0v) is 9.81. The van der Waals surface area contributed by atoms with E-state index in [-0.39, 0.29) is 12.5 Å². The summed E-state index contributed by atoms with van der Waals surface area (Å²) in [6, 6.07) is 0.454. The number of carbonyl (C=O) groups is 1. The van der Waals surface area contributed by atoms with Crippen molar-refractivity contribution >= 4 is 5.78 Å². The van der Waals surface area contributed by atoms with Gasteiger partial charge in [-0.25, -0.2) is 13.2 Å². The van der Waals surface area contributed by atoms with Gasteiger partial charge in [-0.05, 0) is 12.8 Å². The summed E-state index contributed by atoms with van der Waals surface area (Å²) in [5.41, 5.74) is -0.773. The van der Waals surface area contributed by atoms with E-state index in [0.29, 0.717) is 6.07 Å². The summed E-state index contributed by atoms with van der Waals surface area (Å²) in [7, 11) is 0. The Morgan fingerprint density at radius 1 is 1.29 bits per heavy atom. The molecule has 0 radical (unpaired) electrons. The second-order valence-corrected chi connectivity index (χ2v) is 4.12. The molecule has 1 aromatic rings. The van der Waals surface area contributed by atoms with E-state index in [1.807, 2.05) is 0 Å². The molecule has 0 saturated carbocycles. The highest BCUT2D eigenvalue weighted by atomic mass is 19.1. The number of benzene rings is 1. The summed E-state index contributed by atoms with van der Waals surface area (Å²) < 4.78 is 45.0. The zero-order chi connectivity index (χ0) is 13.2. The summed E-state index contributed by atoms with van der Waals surface area (Å²) in [4.78, 5) is 11.0. The normalized spacial score (nSPS) is 10.8. The third kappa shape index (κ3) is 2.99. The Morgan fingerprint density at radius 2 is 1.88 bits per heavy atom. The molecule has 0 spiro atoms. The topological polar surface area (TPSA) is 26.3 Å². The number of carbonyl (C=O) groups excluding carboxylic acids is 1. The summed E-state index contributed by atoms with van der Waals surface area (Å²) in [5, 5.41) is 0. The van der Waals surface area contributed by atoms with Crippen molar-refractivity contribution in [1.82, 2.24) is 0 Å². The summed E-state index contributed by atoms with van der Waals surface area (Å²) >= 11 is 0. The van der Waals surface area contributed by atoms with Crippen LogP contribution in [0, 0.1) is 23.4 Å². The maximum Gasteiger partial charge on any atom is 0.191 e. The number of halogens is 3. The first-order chi connectivity index (χ1) is 7.84. The summed E-state index contributed by atoms with van der Waals surface area (Å²) in [6.07, 6.45) is 0. The summed E-state index contributed by atoms with van der Waals surface area (Å²) in [5.74, 6) is -5.11. The van der Waals surface area contributed by atoms with Crippen LogP contribution in [0.1, 0.15) is 31.1 Å². The fourth-order valence-corrected chi connectivity index (χ4v) is 1.28. The molecule has 0 amide bonds. The minimum absolute atomic E-state index is 0.0552. The van der Waals surface area contributed by atoms with E-state index in [1.54, 1.807) is 13.8 Å². The lowest BCUT2D eigenvalue weighted by Gasteiger charge is -2.12. The molecule has 0 aliphatic rings. The molecule has 0 saturated heterocycles. The third-order valence-corrected chi connectivity index (χ3v) is 2.04. The Morgan fingerprint density at radius 3 is 2.35 bits per heavy atom. The van der Waals surface area contributed by atoms with Crippen LogP contribution in [0.4, 0.5) is 13.2 Å². The molecule has 0 unspecified atom stereocenters. The van der Waals surface area contributed by atoms with Crippen LogP contribution < -0.4 is 4.74 Å². The second-order valence-electron chi connectivity index (χ2n) is 4.12. The molecule has 2 nitrogen and oxygen atoms in total. The zero-order valence-electron chi connectivity index (χ0n) is 9.81. The monoisotopic (exact) mass is 246 g/mol. The number of hydrogen-bond acceptors (Lipinski definition) is 2. The molecule has 0 fully saturated rings. The molecule has 5 heteroatoms. The van der Waals surface area contributed by atoms with E-state index >= 15 is 0 Å². The van der Waals surface area contributed by atoms with Crippen molar-refractivity contribution in [2.24, 2.45) is 5.92 Å². The smallest absolute Gasteiger partial charge is 0.191 e. The Balaban J connectivity index is 3.21. The minimum Gasteiger partial charge on any atom is -0.487 e. The van der Waals surface area contributed by atoms with Gasteiger partial charge in [0.2, 0.25) is 0 Å². The highest BCUT2D eigenvalue weighted by Gasteiger charge is 2.23. The molecule has 1 aromatic carbocycles. The van der Waals surface area contributed by atoms with Crippen LogP contribution in [0.5, 0.6) is 5.75 Å². The van der Waals surface area contributed by atoms with Gasteiger partial charge in [0.25, 0.3) is 0 Å². The highest BCUT2D eigenvalue weighted by Crippen LogP contribution is 2.27. The Bertz CT molecular complexity index is 442. The van der Waals surface area contributed by atoms with E-state index in [9.17, 15) is 18.0 Å². The third-order valence-electron chi connectivity index (χ3n) is 2.04. The van der Waals surface area contributed by atoms with Gasteiger partial charge in [-0.15, -0.1) is 0 Å². The SMILES string of the molecule is CC(=O)c1c(F)cc(F)c(OCC(C)C)c1F. The summed E-state index contributed by atoms with van der Waals surface area (Å²) in [6.45, 7) is 4.68. The molecule has 0 aliphatic heterocycles. The van der Waals surface area contributed by atoms with Crippen molar-refractivity contribution in [3.05, 3.63) is 29.1 Å². The number of ether oxygens (including phenoxy) is 1. The van der Waals surface area contributed by atoms with Crippen LogP contribution in [0.25, 0.3) is 0 Å². The maximum atomic E-state index is 13.7. The molecular formula is C12H13F3O2. The van der Waals surface area contributed by atoms with Gasteiger partial charge in [-0.2, -0.15) is 0 Å². The van der Waals surface area contributed by atoms with Crippen molar-refractivity contribution in [2.45, 2.75) is 20.8 Å². The van der Waals surface area contributed by atoms with E-state index in [4.69, 9.17) is 4.74 Å². The molecule has 0 aliphatic carbocycles. The molecule has 0 atom stereocenters. The van der Waals surface area contributed by atoms with Crippen LogP contribution in [-0.4, -0.2) is 12.4 Å². The maximum absolute atomic E-state index is 13.7. The van der Waals surface area contributed by atoms with E-state index < -0.39 is 34.5 Å². The lowest BCUT2D eigenvalue weighted by atomic mass is 10.1. The van der Waals surface area contributed by atoms with Gasteiger partial charge in [-0.1, -0.05) is 13.8 Å². The molecule has 0 N–H and O–H groups in total. The van der Waals surface area contributed by atoms with Crippen molar-refractivity contribution in [3.63, 3.8) is 0 Å². The lowest BCUT2D eigenvalue weighted by Crippen LogP contribution is -2.11. The first kappa shape index (κ1) is 13.5. The Kier molecular flexibility index (Phi) is 4.15. The van der Waals surface area contributed by atoms with Crippen molar-refractivity contribution in [2.75, 3.05) is 6.61 Å². The molecule has 1 rings (SSSR count). The van der Waals surface area contributed by atoms with Crippen LogP contribution in [0.2, 0.25) is 0 Å². The molecule has 0 aromatic heterocycles. The van der Waals surface area contributed by atoms with Gasteiger partial charge >= 0.3 is 0 Å². The average molecular weight is 246 g/mol. The van der Waals surface area contributed by atoms with Gasteiger partial charge in [-0.3, -0.25) is 4.79 Å². The van der Waals surface area contributed by atoms with E-state index in [1.165, 1.54) is 0 Å². The van der Waals surface area contributed by atoms with Crippen LogP contribution in [0.15, 0.2) is 6.07 Å². The van der Waals surface area contributed by atoms with E-state index in [2.05, 4.69) is 0 Å². The molecular weight excluding hydrogens is 233 g/mol. The number of rotatable bonds is 4. The quantitative estimate of drug-likeness (QED) is 0.761. The predicted molar refractivity (Wildman–Crippen MR) is 56.7 cm³/mol. The molecule has 94 valence electrons. The Labute approximate surface area is 97.4 Å². The van der Waals surface area contributed by atoms with Gasteiger partial charge in [0.15, 0.2) is 23.2 Å². The van der Waals surface area contributed by atoms with Gasteiger partial charge in [0.1, 0.15) is 5.82 Å². The van der Waals surface area contributed by atoms with Crippen molar-refractivity contribution in [3.8, 4) is 5.75 Å². The van der Waals surface area contributed by atoms with Crippen molar-refractivity contribution < 1.29 is 22.7 Å². The van der Waals surface area contributed by atoms with Crippen molar-refractivity contribution in [1.29, 1.82) is 0 Å². The van der Waals surface area contributed by atoms with Gasteiger partial charge < -0.3 is 4.74 Å². The predicted octanol–water partition coefficient (Wildman–Crippen LogP) is 3.34. The number of hydrogen-bond donors (Lipinski definition) is 0. The second kappa shape index (κ2) is 5.21. The number of Topliss-reactive ketones (excluding diaryl/α,β-unsaturated/α-hetero) is 1. The molecule has 0 bridgehead atoms. The van der Waals surface area contributed by atoms with Crippen LogP contribution >= 0.6 is 0 Å². The van der Waals surface area contributed by atoms with Crippen LogP contribution in [0.3, 0.4) is 0 Å². The first-order valence-corrected chi connectivity index (χ1v) is 5.15. The first-order valence-electron chi connectivity index (χ1n) is 5.15. The minimum atomic E-state index is -1.28. The molecule has 17 heavy (non-hydrogen) atoms. The average Bonchev–Trinajstić information content (AvgIpc) is 2.14. The van der Waals surface area contributed by atoms with Crippen LogP contribution in [-0.2, 0) is 0 Å². The standard InChI is InChI=1S/C12H13F3O2/c1-6(2)5-17-12-9(14)4-8(13)10(7(3)16)11(12)15/h4,6H,5H2,1-3H3. The lowest BCUT2D eigenvalue weighted by molar-refractivity contribution is 0.100. The van der Waals surface area contributed by atoms with Gasteiger partial charge in [0, 0.05) is 6.07 Å². The fourth-order valence-electron chi connectivity index (χ4n) is 1.28. The Hall–Kier alpha value is -1.52. The highest BCUT2D eigenvalue weighted by molar-refractivity contribution is 5.95. The van der Waals surface area contributed by atoms with E-state index in [0.717, 1.165) is 6.92 Å². The fraction of sp³-hybridized carbons (Fsp3) is 0.417. The number of ketones is 1. The van der Waals surface area contributed by atoms with Gasteiger partial charge in [0.05, 0.1) is 12.2 Å². The largest absolute Gasteiger partial charge is 0.487 e. The molecule has 0 heterocycles.